The van der Waals surface area contributed by atoms with E-state index in [0.717, 1.165) is 5.56 Å². The lowest BCUT2D eigenvalue weighted by Crippen LogP contribution is -2.30. The molecule has 0 spiro atoms. The predicted molar refractivity (Wildman–Crippen MR) is 79.7 cm³/mol. The highest BCUT2D eigenvalue weighted by Crippen LogP contribution is 2.10. The van der Waals surface area contributed by atoms with Crippen LogP contribution in [0.1, 0.15) is 21.8 Å². The standard InChI is InChI=1S/C15H15ClN2O4/c1-10-7-13(22-18-10)15(20)21-9-14(19)17-6-5-11-3-2-4-12(16)8-11/h2-4,7-8H,5-6,9H2,1H3,(H,17,19). The molecule has 0 aliphatic rings. The zero-order chi connectivity index (χ0) is 15.9. The van der Waals surface area contributed by atoms with Crippen LogP contribution in [0, 0.1) is 6.92 Å². The molecule has 7 heteroatoms. The number of nitrogens with one attached hydrogen (secondary N) is 1. The fourth-order valence-corrected chi connectivity index (χ4v) is 1.96. The van der Waals surface area contributed by atoms with Gasteiger partial charge in [-0.3, -0.25) is 4.79 Å². The van der Waals surface area contributed by atoms with E-state index in [1.54, 1.807) is 13.0 Å². The average molecular weight is 323 g/mol. The summed E-state index contributed by atoms with van der Waals surface area (Å²) in [6.45, 7) is 1.75. The Bertz CT molecular complexity index is 669. The number of aromatic nitrogens is 1. The molecule has 2 rings (SSSR count). The first-order valence-corrected chi connectivity index (χ1v) is 7.04. The number of esters is 1. The first-order chi connectivity index (χ1) is 10.5. The van der Waals surface area contributed by atoms with Crippen LogP contribution in [-0.2, 0) is 16.0 Å². The Labute approximate surface area is 132 Å². The topological polar surface area (TPSA) is 81.4 Å². The van der Waals surface area contributed by atoms with E-state index in [2.05, 4.69) is 10.5 Å². The number of carbonyl (C=O) groups is 2. The SMILES string of the molecule is Cc1cc(C(=O)OCC(=O)NCCc2cccc(Cl)c2)on1. The number of rotatable bonds is 6. The van der Waals surface area contributed by atoms with Crippen LogP contribution in [0.15, 0.2) is 34.9 Å². The van der Waals surface area contributed by atoms with Crippen LogP contribution in [0.5, 0.6) is 0 Å². The van der Waals surface area contributed by atoms with E-state index in [4.69, 9.17) is 20.9 Å². The molecule has 0 saturated heterocycles. The van der Waals surface area contributed by atoms with Gasteiger partial charge in [0.1, 0.15) is 0 Å². The number of nitrogens with zero attached hydrogens (tertiary/aromatic N) is 1. The molecule has 0 radical (unpaired) electrons. The Morgan fingerprint density at radius 2 is 2.18 bits per heavy atom. The molecule has 1 aromatic heterocycles. The third kappa shape index (κ3) is 4.89. The van der Waals surface area contributed by atoms with Gasteiger partial charge in [0.2, 0.25) is 5.76 Å². The molecule has 0 fully saturated rings. The van der Waals surface area contributed by atoms with Gasteiger partial charge in [0.05, 0.1) is 5.69 Å². The number of amides is 1. The number of hydrogen-bond donors (Lipinski definition) is 1. The maximum absolute atomic E-state index is 11.6. The molecular weight excluding hydrogens is 308 g/mol. The second kappa shape index (κ2) is 7.61. The van der Waals surface area contributed by atoms with E-state index >= 15 is 0 Å². The molecule has 2 aromatic rings. The van der Waals surface area contributed by atoms with Gasteiger partial charge in [0.25, 0.3) is 5.91 Å². The molecule has 0 atom stereocenters. The van der Waals surface area contributed by atoms with Crippen LogP contribution in [-0.4, -0.2) is 30.2 Å². The Kier molecular flexibility index (Phi) is 5.55. The second-order valence-electron chi connectivity index (χ2n) is 4.64. The van der Waals surface area contributed by atoms with Crippen molar-refractivity contribution in [2.24, 2.45) is 0 Å². The van der Waals surface area contributed by atoms with Crippen molar-refractivity contribution in [1.29, 1.82) is 0 Å². The van der Waals surface area contributed by atoms with Gasteiger partial charge in [0.15, 0.2) is 6.61 Å². The summed E-state index contributed by atoms with van der Waals surface area (Å²) >= 11 is 5.87. The molecule has 1 heterocycles. The molecule has 116 valence electrons. The van der Waals surface area contributed by atoms with Gasteiger partial charge in [-0.1, -0.05) is 28.9 Å². The first kappa shape index (κ1) is 16.0. The number of halogens is 1. The number of hydrogen-bond acceptors (Lipinski definition) is 5. The maximum atomic E-state index is 11.6. The number of carbonyl (C=O) groups excluding carboxylic acids is 2. The van der Waals surface area contributed by atoms with E-state index < -0.39 is 5.97 Å². The minimum Gasteiger partial charge on any atom is -0.450 e. The van der Waals surface area contributed by atoms with Crippen LogP contribution < -0.4 is 5.32 Å². The lowest BCUT2D eigenvalue weighted by atomic mass is 10.1. The highest BCUT2D eigenvalue weighted by molar-refractivity contribution is 6.30. The van der Waals surface area contributed by atoms with Crippen molar-refractivity contribution >= 4 is 23.5 Å². The molecular formula is C15H15ClN2O4. The van der Waals surface area contributed by atoms with Crippen molar-refractivity contribution in [3.63, 3.8) is 0 Å². The lowest BCUT2D eigenvalue weighted by Gasteiger charge is -2.06. The van der Waals surface area contributed by atoms with Crippen LogP contribution in [0.2, 0.25) is 5.02 Å². The molecule has 6 nitrogen and oxygen atoms in total. The molecule has 0 aliphatic heterocycles. The van der Waals surface area contributed by atoms with Crippen LogP contribution in [0.4, 0.5) is 0 Å². The zero-order valence-electron chi connectivity index (χ0n) is 12.0. The van der Waals surface area contributed by atoms with E-state index in [1.807, 2.05) is 18.2 Å². The monoisotopic (exact) mass is 322 g/mol. The molecule has 1 amide bonds. The molecule has 0 saturated carbocycles. The molecule has 22 heavy (non-hydrogen) atoms. The molecule has 1 N–H and O–H groups in total. The highest BCUT2D eigenvalue weighted by Gasteiger charge is 2.14. The molecule has 0 bridgehead atoms. The summed E-state index contributed by atoms with van der Waals surface area (Å²) in [5.74, 6) is -1.12. The van der Waals surface area contributed by atoms with Crippen molar-refractivity contribution in [2.75, 3.05) is 13.2 Å². The first-order valence-electron chi connectivity index (χ1n) is 6.66. The lowest BCUT2D eigenvalue weighted by molar-refractivity contribution is -0.124. The summed E-state index contributed by atoms with van der Waals surface area (Å²) in [6, 6.07) is 8.83. The van der Waals surface area contributed by atoms with Crippen molar-refractivity contribution < 1.29 is 18.8 Å². The summed E-state index contributed by atoms with van der Waals surface area (Å²) < 4.78 is 9.56. The van der Waals surface area contributed by atoms with Crippen molar-refractivity contribution in [3.05, 3.63) is 52.4 Å². The molecule has 1 aromatic carbocycles. The van der Waals surface area contributed by atoms with Gasteiger partial charge < -0.3 is 14.6 Å². The maximum Gasteiger partial charge on any atom is 0.377 e. The number of benzene rings is 1. The predicted octanol–water partition coefficient (Wildman–Crippen LogP) is 2.15. The smallest absolute Gasteiger partial charge is 0.377 e. The largest absolute Gasteiger partial charge is 0.450 e. The third-order valence-corrected chi connectivity index (χ3v) is 3.02. The van der Waals surface area contributed by atoms with Crippen molar-refractivity contribution in [1.82, 2.24) is 10.5 Å². The number of ether oxygens (including phenoxy) is 1. The minimum atomic E-state index is -0.717. The molecule has 0 aliphatic carbocycles. The van der Waals surface area contributed by atoms with Gasteiger partial charge >= 0.3 is 5.97 Å². The van der Waals surface area contributed by atoms with Crippen LogP contribution >= 0.6 is 11.6 Å². The Morgan fingerprint density at radius 3 is 2.86 bits per heavy atom. The normalized spacial score (nSPS) is 10.3. The van der Waals surface area contributed by atoms with Gasteiger partial charge in [-0.05, 0) is 31.0 Å². The highest BCUT2D eigenvalue weighted by atomic mass is 35.5. The van der Waals surface area contributed by atoms with Crippen molar-refractivity contribution in [2.45, 2.75) is 13.3 Å². The van der Waals surface area contributed by atoms with Gasteiger partial charge in [-0.25, -0.2) is 4.79 Å². The van der Waals surface area contributed by atoms with Gasteiger partial charge in [-0.15, -0.1) is 0 Å². The Hall–Kier alpha value is -2.34. The summed E-state index contributed by atoms with van der Waals surface area (Å²) in [4.78, 5) is 23.1. The number of aryl methyl sites for hydroxylation is 1. The molecule has 0 unspecified atom stereocenters. The summed E-state index contributed by atoms with van der Waals surface area (Å²) in [5.41, 5.74) is 1.58. The fraction of sp³-hybridized carbons (Fsp3) is 0.267. The fourth-order valence-electron chi connectivity index (χ4n) is 1.75. The summed E-state index contributed by atoms with van der Waals surface area (Å²) in [6.07, 6.45) is 0.640. The Morgan fingerprint density at radius 1 is 1.36 bits per heavy atom. The van der Waals surface area contributed by atoms with E-state index in [0.29, 0.717) is 23.7 Å². The summed E-state index contributed by atoms with van der Waals surface area (Å²) in [7, 11) is 0. The minimum absolute atomic E-state index is 0.0239. The second-order valence-corrected chi connectivity index (χ2v) is 5.07. The third-order valence-electron chi connectivity index (χ3n) is 2.79. The van der Waals surface area contributed by atoms with Crippen molar-refractivity contribution in [3.8, 4) is 0 Å². The quantitative estimate of drug-likeness (QED) is 0.824. The average Bonchev–Trinajstić information content (AvgIpc) is 2.91. The van der Waals surface area contributed by atoms with E-state index in [-0.39, 0.29) is 18.3 Å². The van der Waals surface area contributed by atoms with Gasteiger partial charge in [0, 0.05) is 17.6 Å². The summed E-state index contributed by atoms with van der Waals surface area (Å²) in [5, 5.41) is 6.88. The van der Waals surface area contributed by atoms with Crippen LogP contribution in [0.3, 0.4) is 0 Å². The van der Waals surface area contributed by atoms with Crippen LogP contribution in [0.25, 0.3) is 0 Å². The van der Waals surface area contributed by atoms with Gasteiger partial charge in [-0.2, -0.15) is 0 Å². The van der Waals surface area contributed by atoms with E-state index in [1.165, 1.54) is 6.07 Å². The zero-order valence-corrected chi connectivity index (χ0v) is 12.7. The Balaban J connectivity index is 1.69. The van der Waals surface area contributed by atoms with E-state index in [9.17, 15) is 9.59 Å².